The third-order valence-electron chi connectivity index (χ3n) is 4.73. The van der Waals surface area contributed by atoms with Crippen molar-refractivity contribution in [3.05, 3.63) is 65.2 Å². The van der Waals surface area contributed by atoms with Gasteiger partial charge in [-0.2, -0.15) is 0 Å². The molecule has 0 aliphatic carbocycles. The predicted molar refractivity (Wildman–Crippen MR) is 114 cm³/mol. The van der Waals surface area contributed by atoms with Crippen molar-refractivity contribution >= 4 is 39.9 Å². The largest absolute Gasteiger partial charge is 0.493 e. The maximum atomic E-state index is 12.8. The Bertz CT molecular complexity index is 1120. The summed E-state index contributed by atoms with van der Waals surface area (Å²) < 4.78 is 12.9. The van der Waals surface area contributed by atoms with Gasteiger partial charge in [-0.05, 0) is 36.0 Å². The molecule has 6 nitrogen and oxygen atoms in total. The van der Waals surface area contributed by atoms with Crippen molar-refractivity contribution in [2.75, 3.05) is 20.3 Å². The van der Waals surface area contributed by atoms with Crippen molar-refractivity contribution in [3.8, 4) is 11.5 Å². The van der Waals surface area contributed by atoms with Crippen LogP contribution < -0.4 is 9.47 Å². The molecular weight excluding hydrogens is 388 g/mol. The third-order valence-corrected chi connectivity index (χ3v) is 5.64. The standard InChI is InChI=1S/C22H20N2O4S/c1-23-14-15(16-7-3-4-8-17(16)23)13-20-21(25)24(22(26)29-20)11-12-28-19-10-6-5-9-18(19)27-2/h3-10,13-14H,11-12H2,1-2H3/b20-13-. The van der Waals surface area contributed by atoms with Crippen molar-refractivity contribution in [1.29, 1.82) is 0 Å². The number of carbonyl (C=O) groups is 2. The molecule has 1 saturated heterocycles. The number of hydrogen-bond acceptors (Lipinski definition) is 5. The predicted octanol–water partition coefficient (Wildman–Crippen LogP) is 4.30. The summed E-state index contributed by atoms with van der Waals surface area (Å²) in [7, 11) is 3.53. The molecule has 0 spiro atoms. The lowest BCUT2D eigenvalue weighted by Crippen LogP contribution is -2.32. The van der Waals surface area contributed by atoms with Crippen LogP contribution >= 0.6 is 11.8 Å². The number of benzene rings is 2. The Hall–Kier alpha value is -3.19. The van der Waals surface area contributed by atoms with Crippen LogP contribution in [0.4, 0.5) is 4.79 Å². The Balaban J connectivity index is 1.48. The second-order valence-corrected chi connectivity index (χ2v) is 7.54. The molecule has 29 heavy (non-hydrogen) atoms. The molecular formula is C22H20N2O4S. The molecule has 2 aromatic carbocycles. The highest BCUT2D eigenvalue weighted by atomic mass is 32.2. The highest BCUT2D eigenvalue weighted by Crippen LogP contribution is 2.34. The molecule has 3 aromatic rings. The first-order chi connectivity index (χ1) is 14.1. The van der Waals surface area contributed by atoms with E-state index in [4.69, 9.17) is 9.47 Å². The van der Waals surface area contributed by atoms with Gasteiger partial charge < -0.3 is 14.0 Å². The highest BCUT2D eigenvalue weighted by Gasteiger charge is 2.35. The van der Waals surface area contributed by atoms with Crippen LogP contribution in [0.15, 0.2) is 59.6 Å². The molecule has 2 heterocycles. The van der Waals surface area contributed by atoms with Gasteiger partial charge in [-0.3, -0.25) is 14.5 Å². The zero-order valence-corrected chi connectivity index (χ0v) is 16.9. The first-order valence-corrected chi connectivity index (χ1v) is 9.95. The van der Waals surface area contributed by atoms with E-state index in [1.54, 1.807) is 25.3 Å². The number of thioether (sulfide) groups is 1. The summed E-state index contributed by atoms with van der Waals surface area (Å²) in [4.78, 5) is 26.8. The number of rotatable bonds is 6. The van der Waals surface area contributed by atoms with Crippen molar-refractivity contribution in [2.24, 2.45) is 7.05 Å². The van der Waals surface area contributed by atoms with Gasteiger partial charge in [-0.1, -0.05) is 30.3 Å². The van der Waals surface area contributed by atoms with Gasteiger partial charge in [-0.25, -0.2) is 0 Å². The smallest absolute Gasteiger partial charge is 0.293 e. The number of aromatic nitrogens is 1. The Morgan fingerprint density at radius 1 is 1.03 bits per heavy atom. The summed E-state index contributed by atoms with van der Waals surface area (Å²) in [5.41, 5.74) is 1.99. The van der Waals surface area contributed by atoms with Crippen molar-refractivity contribution < 1.29 is 19.1 Å². The van der Waals surface area contributed by atoms with E-state index in [1.807, 2.05) is 54.2 Å². The van der Waals surface area contributed by atoms with Gasteiger partial charge in [0, 0.05) is 29.7 Å². The number of hydrogen-bond donors (Lipinski definition) is 0. The van der Waals surface area contributed by atoms with Crippen LogP contribution in [0.25, 0.3) is 17.0 Å². The zero-order chi connectivity index (χ0) is 20.4. The topological polar surface area (TPSA) is 60.8 Å². The lowest BCUT2D eigenvalue weighted by Gasteiger charge is -2.14. The number of imide groups is 1. The van der Waals surface area contributed by atoms with E-state index >= 15 is 0 Å². The third kappa shape index (κ3) is 3.73. The van der Waals surface area contributed by atoms with E-state index in [1.165, 1.54) is 4.90 Å². The maximum Gasteiger partial charge on any atom is 0.293 e. The number of methoxy groups -OCH3 is 1. The molecule has 0 saturated carbocycles. The summed E-state index contributed by atoms with van der Waals surface area (Å²) in [6.07, 6.45) is 3.75. The van der Waals surface area contributed by atoms with Crippen LogP contribution in [-0.4, -0.2) is 40.9 Å². The van der Waals surface area contributed by atoms with Gasteiger partial charge in [0.05, 0.1) is 18.6 Å². The lowest BCUT2D eigenvalue weighted by molar-refractivity contribution is -0.123. The monoisotopic (exact) mass is 408 g/mol. The van der Waals surface area contributed by atoms with Gasteiger partial charge in [0.2, 0.25) is 0 Å². The first-order valence-electron chi connectivity index (χ1n) is 9.13. The first kappa shape index (κ1) is 19.1. The van der Waals surface area contributed by atoms with Crippen molar-refractivity contribution in [1.82, 2.24) is 9.47 Å². The number of fused-ring (bicyclic) bond motifs is 1. The highest BCUT2D eigenvalue weighted by molar-refractivity contribution is 8.18. The van der Waals surface area contributed by atoms with E-state index in [0.29, 0.717) is 16.4 Å². The molecule has 4 rings (SSSR count). The van der Waals surface area contributed by atoms with Crippen LogP contribution in [0.1, 0.15) is 5.56 Å². The maximum absolute atomic E-state index is 12.8. The van der Waals surface area contributed by atoms with E-state index in [2.05, 4.69) is 0 Å². The van der Waals surface area contributed by atoms with Crippen molar-refractivity contribution in [2.45, 2.75) is 0 Å². The van der Waals surface area contributed by atoms with E-state index in [-0.39, 0.29) is 24.3 Å². The molecule has 1 aliphatic heterocycles. The minimum Gasteiger partial charge on any atom is -0.493 e. The number of carbonyl (C=O) groups excluding carboxylic acids is 2. The van der Waals surface area contributed by atoms with Gasteiger partial charge in [0.1, 0.15) is 6.61 Å². The molecule has 2 amide bonds. The Morgan fingerprint density at radius 2 is 1.76 bits per heavy atom. The van der Waals surface area contributed by atoms with Gasteiger partial charge >= 0.3 is 0 Å². The fourth-order valence-corrected chi connectivity index (χ4v) is 4.16. The quantitative estimate of drug-likeness (QED) is 0.569. The normalized spacial score (nSPS) is 15.5. The fraction of sp³-hybridized carbons (Fsp3) is 0.182. The van der Waals surface area contributed by atoms with Gasteiger partial charge in [0.15, 0.2) is 11.5 Å². The minimum atomic E-state index is -0.295. The molecule has 0 radical (unpaired) electrons. The number of amides is 2. The summed E-state index contributed by atoms with van der Waals surface area (Å²) in [5, 5.41) is 0.756. The Labute approximate surface area is 172 Å². The molecule has 1 aliphatic rings. The van der Waals surface area contributed by atoms with E-state index < -0.39 is 0 Å². The molecule has 1 fully saturated rings. The van der Waals surface area contributed by atoms with Crippen molar-refractivity contribution in [3.63, 3.8) is 0 Å². The summed E-state index contributed by atoms with van der Waals surface area (Å²) in [5.74, 6) is 0.891. The van der Waals surface area contributed by atoms with Gasteiger partial charge in [0.25, 0.3) is 11.1 Å². The van der Waals surface area contributed by atoms with Crippen LogP contribution in [0.2, 0.25) is 0 Å². The summed E-state index contributed by atoms with van der Waals surface area (Å²) >= 11 is 0.957. The second-order valence-electron chi connectivity index (χ2n) is 6.55. The van der Waals surface area contributed by atoms with Crippen LogP contribution in [0, 0.1) is 0 Å². The van der Waals surface area contributed by atoms with Crippen LogP contribution in [-0.2, 0) is 11.8 Å². The molecule has 0 unspecified atom stereocenters. The number of nitrogens with zero attached hydrogens (tertiary/aromatic N) is 2. The Kier molecular flexibility index (Phi) is 5.31. The second kappa shape index (κ2) is 8.05. The average Bonchev–Trinajstić information content (AvgIpc) is 3.19. The van der Waals surface area contributed by atoms with Gasteiger partial charge in [-0.15, -0.1) is 0 Å². The van der Waals surface area contributed by atoms with Crippen LogP contribution in [0.3, 0.4) is 0 Å². The van der Waals surface area contributed by atoms with E-state index in [9.17, 15) is 9.59 Å². The molecule has 0 bridgehead atoms. The average molecular weight is 408 g/mol. The van der Waals surface area contributed by atoms with Crippen LogP contribution in [0.5, 0.6) is 11.5 Å². The van der Waals surface area contributed by atoms with E-state index in [0.717, 1.165) is 28.2 Å². The molecule has 0 N–H and O–H groups in total. The molecule has 7 heteroatoms. The lowest BCUT2D eigenvalue weighted by atomic mass is 10.1. The fourth-order valence-electron chi connectivity index (χ4n) is 3.31. The Morgan fingerprint density at radius 3 is 2.55 bits per heavy atom. The molecule has 148 valence electrons. The minimum absolute atomic E-state index is 0.176. The number of para-hydroxylation sites is 3. The molecule has 0 atom stereocenters. The molecule has 1 aromatic heterocycles. The summed E-state index contributed by atoms with van der Waals surface area (Å²) in [6, 6.07) is 15.2. The zero-order valence-electron chi connectivity index (χ0n) is 16.1. The number of ether oxygens (including phenoxy) is 2. The number of aryl methyl sites for hydroxylation is 1. The SMILES string of the molecule is COc1ccccc1OCCN1C(=O)S/C(=C\c2cn(C)c3ccccc23)C1=O. The summed E-state index contributed by atoms with van der Waals surface area (Å²) in [6.45, 7) is 0.371.